The van der Waals surface area contributed by atoms with Crippen LogP contribution in [0.2, 0.25) is 5.02 Å². The lowest BCUT2D eigenvalue weighted by Crippen LogP contribution is -2.29. The standard InChI is InChI=1S/C28H32ClNO5S/c1-16(2)34-21-7-9-23(24(29)13-21)27(31)30-14-20-11-19(12-25(28(32)33)35-17(3)4)6-8-22(20)26-10-18(5)15-36-26/h6-11,13,15-17,25H,12,14H2,1-5H3,(H,30,31)(H,32,33). The van der Waals surface area contributed by atoms with Gasteiger partial charge in [0.1, 0.15) is 5.75 Å². The Labute approximate surface area is 221 Å². The number of rotatable bonds is 11. The SMILES string of the molecule is Cc1csc(-c2ccc(CC(OC(C)C)C(=O)O)cc2CNC(=O)c2ccc(OC(C)C)cc2Cl)c1. The van der Waals surface area contributed by atoms with Gasteiger partial charge in [-0.15, -0.1) is 11.3 Å². The van der Waals surface area contributed by atoms with Crippen LogP contribution in [0.25, 0.3) is 10.4 Å². The van der Waals surface area contributed by atoms with Gasteiger partial charge in [-0.3, -0.25) is 4.79 Å². The third-order valence-corrected chi connectivity index (χ3v) is 6.69. The maximum Gasteiger partial charge on any atom is 0.333 e. The first-order valence-corrected chi connectivity index (χ1v) is 13.1. The van der Waals surface area contributed by atoms with E-state index >= 15 is 0 Å². The van der Waals surface area contributed by atoms with Crippen molar-refractivity contribution >= 4 is 34.8 Å². The van der Waals surface area contributed by atoms with Gasteiger partial charge >= 0.3 is 5.97 Å². The molecule has 0 aliphatic carbocycles. The number of aryl methyl sites for hydroxylation is 1. The molecule has 1 aromatic heterocycles. The second-order valence-electron chi connectivity index (χ2n) is 9.19. The average Bonchev–Trinajstić information content (AvgIpc) is 3.22. The van der Waals surface area contributed by atoms with Crippen LogP contribution >= 0.6 is 22.9 Å². The van der Waals surface area contributed by atoms with Gasteiger partial charge in [0.05, 0.1) is 22.8 Å². The Morgan fingerprint density at radius 1 is 1.06 bits per heavy atom. The normalized spacial score (nSPS) is 12.1. The minimum absolute atomic E-state index is 0.000934. The maximum absolute atomic E-state index is 13.0. The number of carboxylic acids is 1. The summed E-state index contributed by atoms with van der Waals surface area (Å²) in [5.74, 6) is -0.705. The maximum atomic E-state index is 13.0. The zero-order valence-corrected chi connectivity index (χ0v) is 22.7. The minimum Gasteiger partial charge on any atom is -0.491 e. The van der Waals surface area contributed by atoms with E-state index in [1.807, 2.05) is 52.8 Å². The number of carbonyl (C=O) groups is 2. The van der Waals surface area contributed by atoms with E-state index in [1.54, 1.807) is 29.5 Å². The molecule has 3 rings (SSSR count). The number of hydrogen-bond donors (Lipinski definition) is 2. The molecule has 0 saturated heterocycles. The fourth-order valence-electron chi connectivity index (χ4n) is 3.77. The van der Waals surface area contributed by atoms with Crippen LogP contribution in [-0.2, 0) is 22.5 Å². The van der Waals surface area contributed by atoms with Crippen molar-refractivity contribution in [3.05, 3.63) is 75.1 Å². The summed E-state index contributed by atoms with van der Waals surface area (Å²) in [5.41, 5.74) is 4.19. The predicted octanol–water partition coefficient (Wildman–Crippen LogP) is 6.51. The lowest BCUT2D eigenvalue weighted by molar-refractivity contribution is -0.153. The number of benzene rings is 2. The number of halogens is 1. The fraction of sp³-hybridized carbons (Fsp3) is 0.357. The molecule has 0 fully saturated rings. The van der Waals surface area contributed by atoms with Crippen LogP contribution in [0.5, 0.6) is 5.75 Å². The molecule has 8 heteroatoms. The third kappa shape index (κ3) is 7.56. The lowest BCUT2D eigenvalue weighted by Gasteiger charge is -2.18. The van der Waals surface area contributed by atoms with Crippen molar-refractivity contribution in [3.63, 3.8) is 0 Å². The summed E-state index contributed by atoms with van der Waals surface area (Å²) < 4.78 is 11.2. The van der Waals surface area contributed by atoms with Crippen LogP contribution in [0.4, 0.5) is 0 Å². The molecule has 36 heavy (non-hydrogen) atoms. The Morgan fingerprint density at radius 3 is 2.39 bits per heavy atom. The molecule has 1 amide bonds. The van der Waals surface area contributed by atoms with E-state index in [1.165, 1.54) is 0 Å². The molecule has 0 saturated carbocycles. The van der Waals surface area contributed by atoms with Gasteiger partial charge in [0.15, 0.2) is 6.10 Å². The number of aliphatic carboxylic acids is 1. The summed E-state index contributed by atoms with van der Waals surface area (Å²) in [6, 6.07) is 12.9. The van der Waals surface area contributed by atoms with Crippen molar-refractivity contribution in [1.82, 2.24) is 5.32 Å². The Kier molecular flexibility index (Phi) is 9.54. The van der Waals surface area contributed by atoms with E-state index in [9.17, 15) is 14.7 Å². The van der Waals surface area contributed by atoms with Crippen molar-refractivity contribution in [2.75, 3.05) is 0 Å². The molecule has 0 bridgehead atoms. The van der Waals surface area contributed by atoms with Gasteiger partial charge in [-0.25, -0.2) is 4.79 Å². The molecule has 0 radical (unpaired) electrons. The van der Waals surface area contributed by atoms with Crippen molar-refractivity contribution in [2.45, 2.75) is 65.9 Å². The molecule has 2 N–H and O–H groups in total. The molecule has 192 valence electrons. The molecule has 0 aliphatic rings. The van der Waals surface area contributed by atoms with Gasteiger partial charge in [-0.05, 0) is 86.5 Å². The van der Waals surface area contributed by atoms with Gasteiger partial charge in [-0.2, -0.15) is 0 Å². The molecule has 0 aliphatic heterocycles. The van der Waals surface area contributed by atoms with E-state index in [2.05, 4.69) is 16.8 Å². The van der Waals surface area contributed by atoms with Crippen LogP contribution < -0.4 is 10.1 Å². The zero-order chi connectivity index (χ0) is 26.4. The Bertz CT molecular complexity index is 1220. The van der Waals surface area contributed by atoms with E-state index in [0.717, 1.165) is 27.1 Å². The lowest BCUT2D eigenvalue weighted by atomic mass is 9.98. The molecular formula is C28H32ClNO5S. The highest BCUT2D eigenvalue weighted by atomic mass is 35.5. The minimum atomic E-state index is -1.00. The van der Waals surface area contributed by atoms with Gasteiger partial charge < -0.3 is 19.9 Å². The van der Waals surface area contributed by atoms with E-state index in [-0.39, 0.29) is 31.1 Å². The van der Waals surface area contributed by atoms with Crippen molar-refractivity contribution in [2.24, 2.45) is 0 Å². The summed E-state index contributed by atoms with van der Waals surface area (Å²) in [7, 11) is 0. The third-order valence-electron chi connectivity index (χ3n) is 5.29. The van der Waals surface area contributed by atoms with Crippen molar-refractivity contribution < 1.29 is 24.2 Å². The number of carboxylic acid groups (broad SMARTS) is 1. The Hall–Kier alpha value is -2.87. The van der Waals surface area contributed by atoms with Crippen molar-refractivity contribution in [1.29, 1.82) is 0 Å². The number of hydrogen-bond acceptors (Lipinski definition) is 5. The summed E-state index contributed by atoms with van der Waals surface area (Å²) in [6.45, 7) is 9.75. The number of carbonyl (C=O) groups excluding carboxylic acids is 1. The number of nitrogens with one attached hydrogen (secondary N) is 1. The molecule has 1 heterocycles. The number of amides is 1. The summed E-state index contributed by atoms with van der Waals surface area (Å²) in [6.07, 6.45) is -0.937. The van der Waals surface area contributed by atoms with Gasteiger partial charge in [0.25, 0.3) is 5.91 Å². The number of ether oxygens (including phenoxy) is 2. The van der Waals surface area contributed by atoms with E-state index < -0.39 is 12.1 Å². The van der Waals surface area contributed by atoms with Crippen LogP contribution in [0, 0.1) is 6.92 Å². The highest BCUT2D eigenvalue weighted by Gasteiger charge is 2.21. The predicted molar refractivity (Wildman–Crippen MR) is 144 cm³/mol. The number of thiophene rings is 1. The smallest absolute Gasteiger partial charge is 0.333 e. The highest BCUT2D eigenvalue weighted by molar-refractivity contribution is 7.13. The molecular weight excluding hydrogens is 498 g/mol. The second kappa shape index (κ2) is 12.4. The Balaban J connectivity index is 1.85. The molecule has 0 spiro atoms. The summed E-state index contributed by atoms with van der Waals surface area (Å²) in [4.78, 5) is 25.7. The summed E-state index contributed by atoms with van der Waals surface area (Å²) in [5, 5.41) is 14.9. The first kappa shape index (κ1) is 27.7. The van der Waals surface area contributed by atoms with Crippen LogP contribution in [0.1, 0.15) is 54.7 Å². The van der Waals surface area contributed by atoms with Crippen LogP contribution in [-0.4, -0.2) is 35.3 Å². The second-order valence-corrected chi connectivity index (χ2v) is 10.5. The first-order valence-electron chi connectivity index (χ1n) is 11.8. The molecule has 1 unspecified atom stereocenters. The van der Waals surface area contributed by atoms with Crippen LogP contribution in [0.3, 0.4) is 0 Å². The van der Waals surface area contributed by atoms with Gasteiger partial charge in [0.2, 0.25) is 0 Å². The van der Waals surface area contributed by atoms with Crippen LogP contribution in [0.15, 0.2) is 47.8 Å². The molecule has 6 nitrogen and oxygen atoms in total. The summed E-state index contributed by atoms with van der Waals surface area (Å²) >= 11 is 7.99. The monoisotopic (exact) mass is 529 g/mol. The van der Waals surface area contributed by atoms with E-state index in [0.29, 0.717) is 16.3 Å². The largest absolute Gasteiger partial charge is 0.491 e. The van der Waals surface area contributed by atoms with Gasteiger partial charge in [-0.1, -0.05) is 29.8 Å². The quantitative estimate of drug-likeness (QED) is 0.295. The first-order chi connectivity index (χ1) is 17.0. The van der Waals surface area contributed by atoms with Gasteiger partial charge in [0, 0.05) is 17.8 Å². The highest BCUT2D eigenvalue weighted by Crippen LogP contribution is 2.31. The zero-order valence-electron chi connectivity index (χ0n) is 21.1. The molecule has 3 aromatic rings. The average molecular weight is 530 g/mol. The molecule has 1 atom stereocenters. The van der Waals surface area contributed by atoms with E-state index in [4.69, 9.17) is 21.1 Å². The molecule has 2 aromatic carbocycles. The Morgan fingerprint density at radius 2 is 1.81 bits per heavy atom. The topological polar surface area (TPSA) is 84.9 Å². The fourth-order valence-corrected chi connectivity index (χ4v) is 4.98. The van der Waals surface area contributed by atoms with Crippen molar-refractivity contribution in [3.8, 4) is 16.2 Å².